The van der Waals surface area contributed by atoms with Crippen LogP contribution in [-0.4, -0.2) is 70.3 Å². The molecule has 1 aromatic rings. The molecular weight excluding hydrogens is 429 g/mol. The van der Waals surface area contributed by atoms with E-state index in [1.807, 2.05) is 35.1 Å². The summed E-state index contributed by atoms with van der Waals surface area (Å²) < 4.78 is 11.2. The molecule has 0 amide bonds. The van der Waals surface area contributed by atoms with Crippen molar-refractivity contribution in [3.8, 4) is 5.75 Å². The van der Waals surface area contributed by atoms with Crippen molar-refractivity contribution in [2.75, 3.05) is 54.6 Å². The molecule has 0 atom stereocenters. The summed E-state index contributed by atoms with van der Waals surface area (Å²) >= 11 is 0. The van der Waals surface area contributed by atoms with Gasteiger partial charge in [0.15, 0.2) is 5.96 Å². The lowest BCUT2D eigenvalue weighted by atomic mass is 9.74. The van der Waals surface area contributed by atoms with Gasteiger partial charge in [0.05, 0.1) is 13.2 Å². The van der Waals surface area contributed by atoms with Crippen LogP contribution in [0.25, 0.3) is 0 Å². The Hall–Kier alpha value is -1.02. The smallest absolute Gasteiger partial charge is 0.195 e. The standard InChI is InChI=1S/C19H31N3O2.HI/c1-6-24-17-9-7-16(8-10-17)19(11-13-23-14-12-19)15-20-18(21(2)3)22(4)5;/h7-10H,6,11-15H2,1-5H3;1H. The zero-order valence-electron chi connectivity index (χ0n) is 16.1. The molecule has 0 saturated carbocycles. The monoisotopic (exact) mass is 461 g/mol. The first kappa shape index (κ1) is 22.0. The van der Waals surface area contributed by atoms with Gasteiger partial charge in [0.25, 0.3) is 0 Å². The zero-order chi connectivity index (χ0) is 17.6. The summed E-state index contributed by atoms with van der Waals surface area (Å²) in [6, 6.07) is 8.52. The molecule has 1 saturated heterocycles. The van der Waals surface area contributed by atoms with Gasteiger partial charge in [-0.3, -0.25) is 4.99 Å². The van der Waals surface area contributed by atoms with Gasteiger partial charge in [-0.2, -0.15) is 0 Å². The average Bonchev–Trinajstić information content (AvgIpc) is 2.56. The van der Waals surface area contributed by atoms with Crippen LogP contribution in [0.15, 0.2) is 29.3 Å². The molecule has 0 spiro atoms. The Morgan fingerprint density at radius 1 is 1.08 bits per heavy atom. The van der Waals surface area contributed by atoms with Crippen LogP contribution in [0.1, 0.15) is 25.3 Å². The summed E-state index contributed by atoms with van der Waals surface area (Å²) in [4.78, 5) is 9.06. The van der Waals surface area contributed by atoms with Gasteiger partial charge in [-0.05, 0) is 37.5 Å². The SMILES string of the molecule is CCOc1ccc(C2(CN=C(N(C)C)N(C)C)CCOCC2)cc1.I. The summed E-state index contributed by atoms with van der Waals surface area (Å²) in [5.41, 5.74) is 1.37. The van der Waals surface area contributed by atoms with E-state index in [0.29, 0.717) is 6.61 Å². The minimum absolute atomic E-state index is 0. The number of guanidine groups is 1. The van der Waals surface area contributed by atoms with Gasteiger partial charge in [-0.15, -0.1) is 24.0 Å². The van der Waals surface area contributed by atoms with Crippen molar-refractivity contribution in [2.24, 2.45) is 4.99 Å². The van der Waals surface area contributed by atoms with Crippen LogP contribution in [0.5, 0.6) is 5.75 Å². The molecule has 1 heterocycles. The van der Waals surface area contributed by atoms with E-state index in [-0.39, 0.29) is 29.4 Å². The predicted octanol–water partition coefficient (Wildman–Crippen LogP) is 3.23. The number of benzene rings is 1. The summed E-state index contributed by atoms with van der Waals surface area (Å²) in [7, 11) is 8.14. The third-order valence-electron chi connectivity index (χ3n) is 4.55. The number of aliphatic imine (C=N–C) groups is 1. The molecule has 1 aliphatic heterocycles. The second kappa shape index (κ2) is 10.2. The summed E-state index contributed by atoms with van der Waals surface area (Å²) in [5.74, 6) is 1.92. The molecule has 1 aliphatic rings. The fraction of sp³-hybridized carbons (Fsp3) is 0.632. The number of ether oxygens (including phenoxy) is 2. The molecule has 142 valence electrons. The van der Waals surface area contributed by atoms with Crippen molar-refractivity contribution < 1.29 is 9.47 Å². The van der Waals surface area contributed by atoms with E-state index in [4.69, 9.17) is 14.5 Å². The Balaban J connectivity index is 0.00000312. The number of hydrogen-bond acceptors (Lipinski definition) is 3. The number of hydrogen-bond donors (Lipinski definition) is 0. The molecule has 0 radical (unpaired) electrons. The molecule has 2 rings (SSSR count). The van der Waals surface area contributed by atoms with Crippen molar-refractivity contribution in [2.45, 2.75) is 25.2 Å². The van der Waals surface area contributed by atoms with Crippen LogP contribution in [0.4, 0.5) is 0 Å². The van der Waals surface area contributed by atoms with Crippen molar-refractivity contribution in [3.63, 3.8) is 0 Å². The van der Waals surface area contributed by atoms with Crippen molar-refractivity contribution >= 4 is 29.9 Å². The lowest BCUT2D eigenvalue weighted by Crippen LogP contribution is -2.40. The van der Waals surface area contributed by atoms with Crippen LogP contribution < -0.4 is 4.74 Å². The van der Waals surface area contributed by atoms with Gasteiger partial charge in [0, 0.05) is 46.8 Å². The molecule has 0 aliphatic carbocycles. The lowest BCUT2D eigenvalue weighted by Gasteiger charge is -2.37. The largest absolute Gasteiger partial charge is 0.494 e. The van der Waals surface area contributed by atoms with E-state index in [1.54, 1.807) is 0 Å². The Morgan fingerprint density at radius 3 is 2.12 bits per heavy atom. The third-order valence-corrected chi connectivity index (χ3v) is 4.55. The van der Waals surface area contributed by atoms with E-state index < -0.39 is 0 Å². The normalized spacial score (nSPS) is 15.7. The van der Waals surface area contributed by atoms with Gasteiger partial charge >= 0.3 is 0 Å². The molecule has 5 nitrogen and oxygen atoms in total. The average molecular weight is 461 g/mol. The fourth-order valence-electron chi connectivity index (χ4n) is 3.28. The second-order valence-corrected chi connectivity index (χ2v) is 6.76. The fourth-order valence-corrected chi connectivity index (χ4v) is 3.28. The van der Waals surface area contributed by atoms with Crippen molar-refractivity contribution in [1.82, 2.24) is 9.80 Å². The maximum Gasteiger partial charge on any atom is 0.195 e. The lowest BCUT2D eigenvalue weighted by molar-refractivity contribution is 0.0529. The molecule has 0 unspecified atom stereocenters. The molecule has 6 heteroatoms. The summed E-state index contributed by atoms with van der Waals surface area (Å²) in [5, 5.41) is 0. The highest BCUT2D eigenvalue weighted by atomic mass is 127. The second-order valence-electron chi connectivity index (χ2n) is 6.76. The van der Waals surface area contributed by atoms with Crippen LogP contribution >= 0.6 is 24.0 Å². The van der Waals surface area contributed by atoms with Gasteiger partial charge in [-0.25, -0.2) is 0 Å². The number of nitrogens with zero attached hydrogens (tertiary/aromatic N) is 3. The van der Waals surface area contributed by atoms with Crippen LogP contribution in [0.3, 0.4) is 0 Å². The topological polar surface area (TPSA) is 37.3 Å². The highest BCUT2D eigenvalue weighted by molar-refractivity contribution is 14.0. The van der Waals surface area contributed by atoms with E-state index in [0.717, 1.165) is 44.3 Å². The summed E-state index contributed by atoms with van der Waals surface area (Å²) in [6.45, 7) is 5.06. The molecule has 25 heavy (non-hydrogen) atoms. The number of halogens is 1. The Morgan fingerprint density at radius 2 is 1.64 bits per heavy atom. The van der Waals surface area contributed by atoms with Crippen LogP contribution in [0, 0.1) is 0 Å². The van der Waals surface area contributed by atoms with E-state index in [1.165, 1.54) is 5.56 Å². The molecule has 1 fully saturated rings. The Bertz CT molecular complexity index is 528. The van der Waals surface area contributed by atoms with E-state index in [2.05, 4.69) is 34.1 Å². The van der Waals surface area contributed by atoms with E-state index >= 15 is 0 Å². The summed E-state index contributed by atoms with van der Waals surface area (Å²) in [6.07, 6.45) is 2.00. The first-order valence-electron chi connectivity index (χ1n) is 8.69. The van der Waals surface area contributed by atoms with Crippen molar-refractivity contribution in [1.29, 1.82) is 0 Å². The van der Waals surface area contributed by atoms with Crippen LogP contribution in [-0.2, 0) is 10.2 Å². The van der Waals surface area contributed by atoms with Gasteiger partial charge < -0.3 is 19.3 Å². The Labute approximate surface area is 169 Å². The molecule has 0 bridgehead atoms. The maximum absolute atomic E-state index is 5.62. The number of rotatable bonds is 5. The molecular formula is C19H32IN3O2. The van der Waals surface area contributed by atoms with Crippen LogP contribution in [0.2, 0.25) is 0 Å². The first-order valence-corrected chi connectivity index (χ1v) is 8.69. The highest BCUT2D eigenvalue weighted by Gasteiger charge is 2.34. The molecule has 0 aromatic heterocycles. The minimum atomic E-state index is 0. The van der Waals surface area contributed by atoms with Gasteiger partial charge in [0.1, 0.15) is 5.75 Å². The van der Waals surface area contributed by atoms with E-state index in [9.17, 15) is 0 Å². The minimum Gasteiger partial charge on any atom is -0.494 e. The molecule has 1 aromatic carbocycles. The third kappa shape index (κ3) is 5.74. The molecule has 0 N–H and O–H groups in total. The van der Waals surface area contributed by atoms with Crippen molar-refractivity contribution in [3.05, 3.63) is 29.8 Å². The highest BCUT2D eigenvalue weighted by Crippen LogP contribution is 2.36. The van der Waals surface area contributed by atoms with Gasteiger partial charge in [-0.1, -0.05) is 12.1 Å². The van der Waals surface area contributed by atoms with Gasteiger partial charge in [0.2, 0.25) is 0 Å². The zero-order valence-corrected chi connectivity index (χ0v) is 18.4. The maximum atomic E-state index is 5.62. The first-order chi connectivity index (χ1) is 11.5. The predicted molar refractivity (Wildman–Crippen MR) is 114 cm³/mol. The Kier molecular flexibility index (Phi) is 8.99. The quantitative estimate of drug-likeness (QED) is 0.384.